The minimum atomic E-state index is -0.346. The molecule has 112 valence electrons. The van der Waals surface area contributed by atoms with Crippen LogP contribution in [0, 0.1) is 5.41 Å². The fraction of sp³-hybridized carbons (Fsp3) is 0.857. The summed E-state index contributed by atoms with van der Waals surface area (Å²) < 4.78 is 10.6. The zero-order chi connectivity index (χ0) is 14.2. The van der Waals surface area contributed by atoms with Gasteiger partial charge in [-0.1, -0.05) is 0 Å². The average molecular weight is 282 g/mol. The molecular weight excluding hydrogens is 260 g/mol. The van der Waals surface area contributed by atoms with Crippen LogP contribution < -0.4 is 0 Å². The van der Waals surface area contributed by atoms with Gasteiger partial charge in [0, 0.05) is 32.8 Å². The highest BCUT2D eigenvalue weighted by molar-refractivity contribution is 5.84. The molecule has 6 nitrogen and oxygen atoms in total. The van der Waals surface area contributed by atoms with Gasteiger partial charge in [0.1, 0.15) is 6.10 Å². The Morgan fingerprint density at radius 3 is 2.25 bits per heavy atom. The van der Waals surface area contributed by atoms with E-state index in [1.54, 1.807) is 0 Å². The first-order chi connectivity index (χ1) is 9.60. The van der Waals surface area contributed by atoms with Crippen molar-refractivity contribution in [2.75, 3.05) is 46.0 Å². The molecule has 3 rings (SSSR count). The van der Waals surface area contributed by atoms with Crippen LogP contribution in [0.4, 0.5) is 0 Å². The zero-order valence-corrected chi connectivity index (χ0v) is 12.0. The Hall–Kier alpha value is -1.14. The lowest BCUT2D eigenvalue weighted by Crippen LogP contribution is -2.59. The quantitative estimate of drug-likeness (QED) is 0.708. The number of amides is 2. The van der Waals surface area contributed by atoms with E-state index in [4.69, 9.17) is 9.47 Å². The van der Waals surface area contributed by atoms with E-state index in [1.807, 2.05) is 16.7 Å². The monoisotopic (exact) mass is 282 g/mol. The van der Waals surface area contributed by atoms with Gasteiger partial charge in [0.25, 0.3) is 5.91 Å². The van der Waals surface area contributed by atoms with Crippen LogP contribution in [0.5, 0.6) is 0 Å². The second kappa shape index (κ2) is 5.33. The molecule has 3 saturated heterocycles. The molecule has 2 amide bonds. The van der Waals surface area contributed by atoms with Gasteiger partial charge >= 0.3 is 0 Å². The van der Waals surface area contributed by atoms with Gasteiger partial charge in [0.15, 0.2) is 0 Å². The van der Waals surface area contributed by atoms with Gasteiger partial charge < -0.3 is 19.3 Å². The van der Waals surface area contributed by atoms with E-state index in [-0.39, 0.29) is 23.3 Å². The largest absolute Gasteiger partial charge is 0.379 e. The van der Waals surface area contributed by atoms with Crippen LogP contribution in [0.3, 0.4) is 0 Å². The molecule has 6 heteroatoms. The van der Waals surface area contributed by atoms with Crippen molar-refractivity contribution in [2.45, 2.75) is 25.9 Å². The van der Waals surface area contributed by atoms with E-state index in [2.05, 4.69) is 0 Å². The van der Waals surface area contributed by atoms with Crippen LogP contribution in [0.15, 0.2) is 0 Å². The predicted octanol–water partition coefficient (Wildman–Crippen LogP) is -0.127. The summed E-state index contributed by atoms with van der Waals surface area (Å²) in [4.78, 5) is 28.3. The van der Waals surface area contributed by atoms with Crippen molar-refractivity contribution in [2.24, 2.45) is 5.41 Å². The average Bonchev–Trinajstić information content (AvgIpc) is 2.97. The Kier molecular flexibility index (Phi) is 3.69. The molecule has 0 aromatic rings. The third-order valence-corrected chi connectivity index (χ3v) is 4.44. The molecule has 3 aliphatic heterocycles. The first-order valence-electron chi connectivity index (χ1n) is 7.38. The normalized spacial score (nSPS) is 29.1. The van der Waals surface area contributed by atoms with Crippen LogP contribution in [-0.2, 0) is 19.1 Å². The first kappa shape index (κ1) is 13.8. The summed E-state index contributed by atoms with van der Waals surface area (Å²) in [5, 5.41) is 0. The molecule has 0 aromatic heterocycles. The van der Waals surface area contributed by atoms with Gasteiger partial charge in [-0.25, -0.2) is 0 Å². The Morgan fingerprint density at radius 2 is 1.75 bits per heavy atom. The molecule has 0 bridgehead atoms. The van der Waals surface area contributed by atoms with Gasteiger partial charge in [-0.15, -0.1) is 0 Å². The number of carbonyl (C=O) groups excluding carboxylic acids is 2. The molecule has 0 radical (unpaired) electrons. The minimum Gasteiger partial charge on any atom is -0.379 e. The molecule has 20 heavy (non-hydrogen) atoms. The van der Waals surface area contributed by atoms with Crippen molar-refractivity contribution in [1.29, 1.82) is 0 Å². The Bertz CT molecular complexity index is 394. The molecular formula is C14H22N2O4. The van der Waals surface area contributed by atoms with Gasteiger partial charge in [-0.05, 0) is 19.8 Å². The number of nitrogens with zero attached hydrogens (tertiary/aromatic N) is 2. The predicted molar refractivity (Wildman–Crippen MR) is 71.1 cm³/mol. The van der Waals surface area contributed by atoms with Gasteiger partial charge in [0.05, 0.1) is 18.6 Å². The summed E-state index contributed by atoms with van der Waals surface area (Å²) in [6.07, 6.45) is 1.54. The lowest BCUT2D eigenvalue weighted by Gasteiger charge is -2.43. The smallest absolute Gasteiger partial charge is 0.251 e. The molecule has 3 aliphatic rings. The Morgan fingerprint density at radius 1 is 1.10 bits per heavy atom. The van der Waals surface area contributed by atoms with Crippen molar-refractivity contribution in [3.8, 4) is 0 Å². The van der Waals surface area contributed by atoms with E-state index in [1.165, 1.54) is 0 Å². The molecule has 3 heterocycles. The summed E-state index contributed by atoms with van der Waals surface area (Å²) in [6.45, 7) is 6.13. The standard InChI is InChI=1S/C14H22N2O4/c1-14(9-19-10-14)13(18)16-6-4-15(5-7-16)12(17)11-3-2-8-20-11/h11H,2-10H2,1H3. The van der Waals surface area contributed by atoms with Gasteiger partial charge in [-0.3, -0.25) is 9.59 Å². The van der Waals surface area contributed by atoms with Gasteiger partial charge in [0.2, 0.25) is 5.91 Å². The highest BCUT2D eigenvalue weighted by Crippen LogP contribution is 2.29. The number of piperazine rings is 1. The highest BCUT2D eigenvalue weighted by Gasteiger charge is 2.44. The molecule has 0 aliphatic carbocycles. The topological polar surface area (TPSA) is 59.1 Å². The lowest BCUT2D eigenvalue weighted by atomic mass is 9.86. The number of carbonyl (C=O) groups is 2. The number of hydrogen-bond acceptors (Lipinski definition) is 4. The number of ether oxygens (including phenoxy) is 2. The summed E-state index contributed by atoms with van der Waals surface area (Å²) in [6, 6.07) is 0. The third kappa shape index (κ3) is 2.42. The van der Waals surface area contributed by atoms with E-state index in [0.29, 0.717) is 46.0 Å². The highest BCUT2D eigenvalue weighted by atomic mass is 16.5. The molecule has 1 atom stereocenters. The summed E-state index contributed by atoms with van der Waals surface area (Å²) in [7, 11) is 0. The van der Waals surface area contributed by atoms with Crippen LogP contribution in [0.1, 0.15) is 19.8 Å². The molecule has 0 spiro atoms. The van der Waals surface area contributed by atoms with Crippen molar-refractivity contribution in [1.82, 2.24) is 9.80 Å². The fourth-order valence-corrected chi connectivity index (χ4v) is 3.02. The third-order valence-electron chi connectivity index (χ3n) is 4.44. The maximum atomic E-state index is 12.4. The first-order valence-corrected chi connectivity index (χ1v) is 7.38. The molecule has 3 fully saturated rings. The minimum absolute atomic E-state index is 0.0905. The van der Waals surface area contributed by atoms with Crippen LogP contribution in [0.25, 0.3) is 0 Å². The maximum Gasteiger partial charge on any atom is 0.251 e. The Balaban J connectivity index is 1.51. The Labute approximate surface area is 119 Å². The second-order valence-corrected chi connectivity index (χ2v) is 6.17. The summed E-state index contributed by atoms with van der Waals surface area (Å²) in [5.41, 5.74) is -0.346. The zero-order valence-electron chi connectivity index (χ0n) is 12.0. The number of hydrogen-bond donors (Lipinski definition) is 0. The molecule has 1 unspecified atom stereocenters. The van der Waals surface area contributed by atoms with Crippen LogP contribution >= 0.6 is 0 Å². The van der Waals surface area contributed by atoms with Crippen LogP contribution in [0.2, 0.25) is 0 Å². The summed E-state index contributed by atoms with van der Waals surface area (Å²) >= 11 is 0. The molecule has 0 N–H and O–H groups in total. The van der Waals surface area contributed by atoms with E-state index < -0.39 is 0 Å². The van der Waals surface area contributed by atoms with Crippen molar-refractivity contribution >= 4 is 11.8 Å². The molecule has 0 saturated carbocycles. The number of rotatable bonds is 2. The maximum absolute atomic E-state index is 12.4. The summed E-state index contributed by atoms with van der Waals surface area (Å²) in [5.74, 6) is 0.251. The molecule has 0 aromatic carbocycles. The second-order valence-electron chi connectivity index (χ2n) is 6.17. The SMILES string of the molecule is CC1(C(=O)N2CCN(C(=O)C3CCCO3)CC2)COC1. The van der Waals surface area contributed by atoms with Crippen molar-refractivity contribution in [3.63, 3.8) is 0 Å². The van der Waals surface area contributed by atoms with E-state index >= 15 is 0 Å². The van der Waals surface area contributed by atoms with Crippen LogP contribution in [-0.4, -0.2) is 73.7 Å². The van der Waals surface area contributed by atoms with Gasteiger partial charge in [-0.2, -0.15) is 0 Å². The lowest BCUT2D eigenvalue weighted by molar-refractivity contribution is -0.171. The van der Waals surface area contributed by atoms with E-state index in [9.17, 15) is 9.59 Å². The van der Waals surface area contributed by atoms with E-state index in [0.717, 1.165) is 12.8 Å². The van der Waals surface area contributed by atoms with Crippen molar-refractivity contribution < 1.29 is 19.1 Å². The van der Waals surface area contributed by atoms with Crippen molar-refractivity contribution in [3.05, 3.63) is 0 Å². The fourth-order valence-electron chi connectivity index (χ4n) is 3.02.